The largest absolute Gasteiger partial charge is 0.392 e. The van der Waals surface area contributed by atoms with Crippen molar-refractivity contribution in [2.24, 2.45) is 0 Å². The van der Waals surface area contributed by atoms with Crippen molar-refractivity contribution in [1.82, 2.24) is 10.6 Å². The number of hydrogen-bond acceptors (Lipinski definition) is 4. The van der Waals surface area contributed by atoms with Crippen LogP contribution in [-0.2, 0) is 16.0 Å². The van der Waals surface area contributed by atoms with E-state index in [-0.39, 0.29) is 23.7 Å². The quantitative estimate of drug-likeness (QED) is 0.548. The Bertz CT molecular complexity index is 791. The first-order valence-corrected chi connectivity index (χ1v) is 8.65. The Hall–Kier alpha value is -3.19. The van der Waals surface area contributed by atoms with E-state index in [9.17, 15) is 14.4 Å². The molecule has 27 heavy (non-hydrogen) atoms. The Labute approximate surface area is 157 Å². The summed E-state index contributed by atoms with van der Waals surface area (Å²) in [4.78, 5) is 36.1. The highest BCUT2D eigenvalue weighted by Crippen LogP contribution is 2.15. The number of anilines is 1. The standard InChI is InChI=1S/C20H23N3O4/c1-14(24)13-22-19(26)20(27)23-17-10-6-5-9-16(17)18(25)21-12-11-15-7-3-2-4-8-15/h2-10,14,24H,11-13H2,1H3,(H,21,25)(H,22,26)(H,23,27)/t14-/m1/s1. The second-order valence-electron chi connectivity index (χ2n) is 6.05. The van der Waals surface area contributed by atoms with Crippen molar-refractivity contribution < 1.29 is 19.5 Å². The van der Waals surface area contributed by atoms with Gasteiger partial charge in [-0.3, -0.25) is 14.4 Å². The molecule has 0 aliphatic heterocycles. The van der Waals surface area contributed by atoms with E-state index >= 15 is 0 Å². The molecule has 0 spiro atoms. The van der Waals surface area contributed by atoms with E-state index in [1.54, 1.807) is 24.3 Å². The highest BCUT2D eigenvalue weighted by atomic mass is 16.3. The predicted molar refractivity (Wildman–Crippen MR) is 102 cm³/mol. The maximum atomic E-state index is 12.4. The molecule has 0 aliphatic rings. The molecule has 3 amide bonds. The topological polar surface area (TPSA) is 108 Å². The van der Waals surface area contributed by atoms with Crippen LogP contribution >= 0.6 is 0 Å². The summed E-state index contributed by atoms with van der Waals surface area (Å²) in [6.07, 6.45) is -0.0764. The van der Waals surface area contributed by atoms with Gasteiger partial charge in [0.1, 0.15) is 0 Å². The fourth-order valence-electron chi connectivity index (χ4n) is 2.35. The Balaban J connectivity index is 1.94. The summed E-state index contributed by atoms with van der Waals surface area (Å²) in [5, 5.41) is 16.7. The number of rotatable bonds is 7. The summed E-state index contributed by atoms with van der Waals surface area (Å²) in [7, 11) is 0. The van der Waals surface area contributed by atoms with Crippen molar-refractivity contribution in [2.75, 3.05) is 18.4 Å². The van der Waals surface area contributed by atoms with Crippen LogP contribution in [0.1, 0.15) is 22.8 Å². The minimum Gasteiger partial charge on any atom is -0.392 e. The third-order valence-corrected chi connectivity index (χ3v) is 3.73. The van der Waals surface area contributed by atoms with Crippen LogP contribution in [0.25, 0.3) is 0 Å². The van der Waals surface area contributed by atoms with E-state index in [4.69, 9.17) is 5.11 Å². The zero-order valence-electron chi connectivity index (χ0n) is 15.1. The van der Waals surface area contributed by atoms with Gasteiger partial charge in [-0.25, -0.2) is 0 Å². The molecule has 0 bridgehead atoms. The fraction of sp³-hybridized carbons (Fsp3) is 0.250. The van der Waals surface area contributed by atoms with Crippen molar-refractivity contribution in [3.8, 4) is 0 Å². The van der Waals surface area contributed by atoms with Gasteiger partial charge < -0.3 is 21.1 Å². The van der Waals surface area contributed by atoms with Crippen molar-refractivity contribution in [1.29, 1.82) is 0 Å². The van der Waals surface area contributed by atoms with Crippen LogP contribution in [0.15, 0.2) is 54.6 Å². The number of benzene rings is 2. The van der Waals surface area contributed by atoms with Crippen LogP contribution in [0.2, 0.25) is 0 Å². The lowest BCUT2D eigenvalue weighted by Crippen LogP contribution is -2.39. The van der Waals surface area contributed by atoms with E-state index in [2.05, 4.69) is 16.0 Å². The lowest BCUT2D eigenvalue weighted by Gasteiger charge is -2.12. The summed E-state index contributed by atoms with van der Waals surface area (Å²) in [5.41, 5.74) is 1.61. The molecule has 1 atom stereocenters. The molecular formula is C20H23N3O4. The third-order valence-electron chi connectivity index (χ3n) is 3.73. The average molecular weight is 369 g/mol. The Kier molecular flexibility index (Phi) is 7.51. The van der Waals surface area contributed by atoms with Crippen LogP contribution in [-0.4, -0.2) is 42.0 Å². The maximum absolute atomic E-state index is 12.4. The monoisotopic (exact) mass is 369 g/mol. The van der Waals surface area contributed by atoms with Crippen LogP contribution in [0, 0.1) is 0 Å². The zero-order chi connectivity index (χ0) is 19.6. The summed E-state index contributed by atoms with van der Waals surface area (Å²) < 4.78 is 0. The first-order chi connectivity index (χ1) is 13.0. The molecule has 7 heteroatoms. The molecule has 0 radical (unpaired) electrons. The smallest absolute Gasteiger partial charge is 0.313 e. The third kappa shape index (κ3) is 6.56. The number of amides is 3. The number of aliphatic hydroxyl groups excluding tert-OH is 1. The molecule has 2 aromatic rings. The fourth-order valence-corrected chi connectivity index (χ4v) is 2.35. The second kappa shape index (κ2) is 10.1. The molecule has 0 saturated carbocycles. The second-order valence-corrected chi connectivity index (χ2v) is 6.05. The first-order valence-electron chi connectivity index (χ1n) is 8.65. The van der Waals surface area contributed by atoms with Crippen LogP contribution < -0.4 is 16.0 Å². The van der Waals surface area contributed by atoms with Crippen molar-refractivity contribution in [3.05, 3.63) is 65.7 Å². The van der Waals surface area contributed by atoms with E-state index < -0.39 is 17.9 Å². The molecule has 4 N–H and O–H groups in total. The van der Waals surface area contributed by atoms with Gasteiger partial charge in [-0.2, -0.15) is 0 Å². The van der Waals surface area contributed by atoms with E-state index in [1.165, 1.54) is 6.92 Å². The molecule has 142 valence electrons. The van der Waals surface area contributed by atoms with Gasteiger partial charge in [-0.1, -0.05) is 42.5 Å². The zero-order valence-corrected chi connectivity index (χ0v) is 15.1. The average Bonchev–Trinajstić information content (AvgIpc) is 2.67. The van der Waals surface area contributed by atoms with E-state index in [0.29, 0.717) is 13.0 Å². The van der Waals surface area contributed by atoms with Gasteiger partial charge in [0.05, 0.1) is 17.4 Å². The molecule has 0 heterocycles. The lowest BCUT2D eigenvalue weighted by atomic mass is 10.1. The molecule has 0 fully saturated rings. The Morgan fingerprint density at radius 2 is 1.59 bits per heavy atom. The molecule has 2 rings (SSSR count). The minimum absolute atomic E-state index is 0.0339. The Morgan fingerprint density at radius 1 is 0.926 bits per heavy atom. The molecule has 7 nitrogen and oxygen atoms in total. The van der Waals surface area contributed by atoms with Gasteiger partial charge in [0.15, 0.2) is 0 Å². The summed E-state index contributed by atoms with van der Waals surface area (Å²) in [5.74, 6) is -2.12. The highest BCUT2D eigenvalue weighted by Gasteiger charge is 2.17. The van der Waals surface area contributed by atoms with Crippen LogP contribution in [0.3, 0.4) is 0 Å². The molecule has 0 unspecified atom stereocenters. The van der Waals surface area contributed by atoms with Crippen molar-refractivity contribution in [2.45, 2.75) is 19.4 Å². The van der Waals surface area contributed by atoms with Gasteiger partial charge in [0, 0.05) is 13.1 Å². The Morgan fingerprint density at radius 3 is 2.30 bits per heavy atom. The molecule has 0 aromatic heterocycles. The molecule has 2 aromatic carbocycles. The van der Waals surface area contributed by atoms with Gasteiger partial charge in [0.2, 0.25) is 0 Å². The minimum atomic E-state index is -0.903. The molecule has 0 saturated heterocycles. The molecule has 0 aliphatic carbocycles. The number of aliphatic hydroxyl groups is 1. The predicted octanol–water partition coefficient (Wildman–Crippen LogP) is 1.09. The molecular weight excluding hydrogens is 346 g/mol. The normalized spacial score (nSPS) is 11.3. The highest BCUT2D eigenvalue weighted by molar-refractivity contribution is 6.40. The summed E-state index contributed by atoms with van der Waals surface area (Å²) >= 11 is 0. The number of para-hydroxylation sites is 1. The lowest BCUT2D eigenvalue weighted by molar-refractivity contribution is -0.136. The number of carbonyl (C=O) groups is 3. The van der Waals surface area contributed by atoms with Gasteiger partial charge in [-0.05, 0) is 31.0 Å². The van der Waals surface area contributed by atoms with Crippen molar-refractivity contribution >= 4 is 23.4 Å². The summed E-state index contributed by atoms with van der Waals surface area (Å²) in [6.45, 7) is 1.90. The van der Waals surface area contributed by atoms with Gasteiger partial charge in [-0.15, -0.1) is 0 Å². The number of carbonyl (C=O) groups excluding carboxylic acids is 3. The first kappa shape index (κ1) is 20.1. The maximum Gasteiger partial charge on any atom is 0.313 e. The van der Waals surface area contributed by atoms with Crippen LogP contribution in [0.5, 0.6) is 0 Å². The number of nitrogens with one attached hydrogen (secondary N) is 3. The van der Waals surface area contributed by atoms with Crippen molar-refractivity contribution in [3.63, 3.8) is 0 Å². The SMILES string of the molecule is C[C@@H](O)CNC(=O)C(=O)Nc1ccccc1C(=O)NCCc1ccccc1. The number of hydrogen-bond donors (Lipinski definition) is 4. The summed E-state index contributed by atoms with van der Waals surface area (Å²) in [6, 6.07) is 16.2. The van der Waals surface area contributed by atoms with E-state index in [0.717, 1.165) is 5.56 Å². The van der Waals surface area contributed by atoms with Gasteiger partial charge >= 0.3 is 11.8 Å². The van der Waals surface area contributed by atoms with Gasteiger partial charge in [0.25, 0.3) is 5.91 Å². The van der Waals surface area contributed by atoms with Crippen LogP contribution in [0.4, 0.5) is 5.69 Å². The van der Waals surface area contributed by atoms with E-state index in [1.807, 2.05) is 30.3 Å².